The Bertz CT molecular complexity index is 1010. The van der Waals surface area contributed by atoms with E-state index in [0.717, 1.165) is 25.1 Å². The topological polar surface area (TPSA) is 82.8 Å². The Kier molecular flexibility index (Phi) is 4.38. The number of nitrogens with zero attached hydrogens (tertiary/aromatic N) is 2. The van der Waals surface area contributed by atoms with Gasteiger partial charge >= 0.3 is 5.97 Å². The van der Waals surface area contributed by atoms with E-state index in [2.05, 4.69) is 0 Å². The number of benzene rings is 1. The van der Waals surface area contributed by atoms with E-state index < -0.39 is 34.7 Å². The van der Waals surface area contributed by atoms with E-state index in [1.807, 2.05) is 6.26 Å². The summed E-state index contributed by atoms with van der Waals surface area (Å²) in [5.74, 6) is -3.25. The smallest absolute Gasteiger partial charge is 0.341 e. The number of hydrogen-bond donors (Lipinski definition) is 2. The molecule has 2 aliphatic rings. The minimum atomic E-state index is -1.42. The van der Waals surface area contributed by atoms with E-state index in [9.17, 15) is 24.2 Å². The minimum Gasteiger partial charge on any atom is -0.477 e. The van der Waals surface area contributed by atoms with Crippen LogP contribution in [0.3, 0.4) is 0 Å². The van der Waals surface area contributed by atoms with E-state index in [0.29, 0.717) is 0 Å². The Morgan fingerprint density at radius 2 is 2.00 bits per heavy atom. The van der Waals surface area contributed by atoms with Gasteiger partial charge in [0.05, 0.1) is 17.0 Å². The highest BCUT2D eigenvalue weighted by atomic mass is 32.2. The first-order valence-corrected chi connectivity index (χ1v) is 9.88. The quantitative estimate of drug-likeness (QED) is 0.825. The maximum atomic E-state index is 15.4. The van der Waals surface area contributed by atoms with Crippen LogP contribution in [0, 0.1) is 11.6 Å². The fourth-order valence-electron chi connectivity index (χ4n) is 3.69. The van der Waals surface area contributed by atoms with Crippen LogP contribution in [0.5, 0.6) is 0 Å². The normalized spacial score (nSPS) is 22.6. The number of β-amino-alcohol motifs (C(OH)–C–C–N with tert-alkyl or cyclic N) is 1. The largest absolute Gasteiger partial charge is 0.477 e. The summed E-state index contributed by atoms with van der Waals surface area (Å²) < 4.78 is 31.7. The Balaban J connectivity index is 1.96. The molecule has 1 saturated carbocycles. The third kappa shape index (κ3) is 2.89. The van der Waals surface area contributed by atoms with Crippen LogP contribution in [0.15, 0.2) is 17.1 Å². The van der Waals surface area contributed by atoms with Gasteiger partial charge in [-0.05, 0) is 25.2 Å². The number of carboxylic acids is 1. The van der Waals surface area contributed by atoms with Crippen LogP contribution >= 0.6 is 11.8 Å². The zero-order valence-electron chi connectivity index (χ0n) is 14.5. The molecule has 0 bridgehead atoms. The first-order chi connectivity index (χ1) is 12.8. The molecule has 2 unspecified atom stereocenters. The van der Waals surface area contributed by atoms with Crippen molar-refractivity contribution in [2.24, 2.45) is 0 Å². The first kappa shape index (κ1) is 18.2. The molecule has 4 rings (SSSR count). The second-order valence-electron chi connectivity index (χ2n) is 6.98. The van der Waals surface area contributed by atoms with Crippen molar-refractivity contribution in [2.75, 3.05) is 24.2 Å². The van der Waals surface area contributed by atoms with E-state index in [4.69, 9.17) is 0 Å². The highest BCUT2D eigenvalue weighted by Gasteiger charge is 2.36. The lowest BCUT2D eigenvalue weighted by molar-refractivity contribution is 0.0694. The number of aliphatic hydroxyl groups excluding tert-OH is 1. The number of thioether (sulfide) groups is 1. The molecule has 2 atom stereocenters. The maximum Gasteiger partial charge on any atom is 0.341 e. The van der Waals surface area contributed by atoms with Crippen LogP contribution in [0.1, 0.15) is 29.2 Å². The molecule has 144 valence electrons. The van der Waals surface area contributed by atoms with Crippen LogP contribution in [-0.4, -0.2) is 51.4 Å². The van der Waals surface area contributed by atoms with Gasteiger partial charge in [-0.2, -0.15) is 11.8 Å². The lowest BCUT2D eigenvalue weighted by Crippen LogP contribution is -2.25. The fraction of sp³-hybridized carbons (Fsp3) is 0.444. The van der Waals surface area contributed by atoms with Crippen molar-refractivity contribution in [3.8, 4) is 0 Å². The third-order valence-electron chi connectivity index (χ3n) is 5.21. The van der Waals surface area contributed by atoms with E-state index in [-0.39, 0.29) is 41.0 Å². The van der Waals surface area contributed by atoms with Crippen molar-refractivity contribution in [2.45, 2.75) is 30.2 Å². The van der Waals surface area contributed by atoms with Crippen LogP contribution in [0.2, 0.25) is 0 Å². The summed E-state index contributed by atoms with van der Waals surface area (Å²) in [6, 6.07) is 0.808. The number of aromatic carboxylic acids is 1. The molecular formula is C18H18F2N2O4S. The average Bonchev–Trinajstić information content (AvgIpc) is 3.38. The molecule has 1 aliphatic carbocycles. The van der Waals surface area contributed by atoms with Crippen molar-refractivity contribution < 1.29 is 23.8 Å². The molecule has 2 N–H and O–H groups in total. The van der Waals surface area contributed by atoms with Crippen LogP contribution in [-0.2, 0) is 0 Å². The number of anilines is 1. The van der Waals surface area contributed by atoms with Crippen molar-refractivity contribution in [1.29, 1.82) is 0 Å². The summed E-state index contributed by atoms with van der Waals surface area (Å²) in [5.41, 5.74) is -1.76. The molecule has 9 heteroatoms. The van der Waals surface area contributed by atoms with Gasteiger partial charge in [0.25, 0.3) is 0 Å². The SMILES string of the molecule is CSC1CN(c2c(F)cc3c(=O)c(C(=O)O)cn(C4CC4)c3c2F)CC1O. The predicted molar refractivity (Wildman–Crippen MR) is 98.9 cm³/mol. The third-order valence-corrected chi connectivity index (χ3v) is 6.28. The standard InChI is InChI=1S/C18H18F2N2O4S/c1-27-13-7-21(6-12(13)23)16-11(19)4-9-15(14(16)20)22(8-2-3-8)5-10(17(9)24)18(25)26/h4-5,8,12-13,23H,2-3,6-7H2,1H3,(H,25,26). The summed E-state index contributed by atoms with van der Waals surface area (Å²) in [7, 11) is 0. The summed E-state index contributed by atoms with van der Waals surface area (Å²) in [4.78, 5) is 25.3. The lowest BCUT2D eigenvalue weighted by Gasteiger charge is -2.22. The first-order valence-electron chi connectivity index (χ1n) is 8.59. The minimum absolute atomic E-state index is 0.0778. The van der Waals surface area contributed by atoms with E-state index >= 15 is 4.39 Å². The number of hydrogen-bond acceptors (Lipinski definition) is 5. The molecule has 0 amide bonds. The zero-order valence-corrected chi connectivity index (χ0v) is 15.3. The number of pyridine rings is 1. The molecule has 1 aromatic carbocycles. The highest BCUT2D eigenvalue weighted by Crippen LogP contribution is 2.40. The second kappa shape index (κ2) is 6.49. The molecule has 2 heterocycles. The van der Waals surface area contributed by atoms with Gasteiger partial charge in [0, 0.05) is 30.6 Å². The molecule has 1 aliphatic heterocycles. The molecule has 2 fully saturated rings. The number of aromatic nitrogens is 1. The van der Waals surface area contributed by atoms with Crippen molar-refractivity contribution >= 4 is 34.3 Å². The van der Waals surface area contributed by atoms with Gasteiger partial charge in [0.15, 0.2) is 5.82 Å². The molecular weight excluding hydrogens is 378 g/mol. The van der Waals surface area contributed by atoms with Gasteiger partial charge in [-0.1, -0.05) is 0 Å². The van der Waals surface area contributed by atoms with Crippen molar-refractivity contribution in [3.05, 3.63) is 39.7 Å². The van der Waals surface area contributed by atoms with Crippen molar-refractivity contribution in [1.82, 2.24) is 4.57 Å². The number of rotatable bonds is 4. The summed E-state index contributed by atoms with van der Waals surface area (Å²) in [5, 5.41) is 18.9. The van der Waals surface area contributed by atoms with Gasteiger partial charge in [-0.25, -0.2) is 13.6 Å². The Labute approximate surface area is 157 Å². The van der Waals surface area contributed by atoms with Crippen LogP contribution in [0.4, 0.5) is 14.5 Å². The van der Waals surface area contributed by atoms with Gasteiger partial charge in [-0.3, -0.25) is 4.79 Å². The summed E-state index contributed by atoms with van der Waals surface area (Å²) in [6.45, 7) is 0.369. The average molecular weight is 396 g/mol. The van der Waals surface area contributed by atoms with E-state index in [1.165, 1.54) is 21.2 Å². The zero-order chi connectivity index (χ0) is 19.5. The Hall–Kier alpha value is -2.13. The molecule has 1 aromatic heterocycles. The number of aliphatic hydroxyl groups is 1. The second-order valence-corrected chi connectivity index (χ2v) is 8.06. The molecule has 1 saturated heterocycles. The van der Waals surface area contributed by atoms with Crippen LogP contribution in [0.25, 0.3) is 10.9 Å². The highest BCUT2D eigenvalue weighted by molar-refractivity contribution is 7.99. The number of carboxylic acid groups (broad SMARTS) is 1. The molecule has 0 spiro atoms. The molecule has 2 aromatic rings. The molecule has 6 nitrogen and oxygen atoms in total. The monoisotopic (exact) mass is 396 g/mol. The Morgan fingerprint density at radius 1 is 1.30 bits per heavy atom. The molecule has 27 heavy (non-hydrogen) atoms. The van der Waals surface area contributed by atoms with Gasteiger partial charge in [-0.15, -0.1) is 0 Å². The van der Waals surface area contributed by atoms with Crippen LogP contribution < -0.4 is 10.3 Å². The Morgan fingerprint density at radius 3 is 2.56 bits per heavy atom. The fourth-order valence-corrected chi connectivity index (χ4v) is 4.41. The maximum absolute atomic E-state index is 15.4. The predicted octanol–water partition coefficient (Wildman–Crippen LogP) is 2.23. The van der Waals surface area contributed by atoms with Gasteiger partial charge in [0.2, 0.25) is 5.43 Å². The van der Waals surface area contributed by atoms with Gasteiger partial charge < -0.3 is 19.7 Å². The summed E-state index contributed by atoms with van der Waals surface area (Å²) >= 11 is 1.42. The number of carbonyl (C=O) groups is 1. The van der Waals surface area contributed by atoms with E-state index in [1.54, 1.807) is 0 Å². The summed E-state index contributed by atoms with van der Waals surface area (Å²) in [6.07, 6.45) is 3.73. The number of fused-ring (bicyclic) bond motifs is 1. The lowest BCUT2D eigenvalue weighted by atomic mass is 10.1. The van der Waals surface area contributed by atoms with Gasteiger partial charge in [0.1, 0.15) is 17.1 Å². The number of halogens is 2. The van der Waals surface area contributed by atoms with Crippen molar-refractivity contribution in [3.63, 3.8) is 0 Å². The molecule has 0 radical (unpaired) electrons.